The maximum Gasteiger partial charge on any atom is 0.328 e. The van der Waals surface area contributed by atoms with Crippen molar-refractivity contribution in [2.45, 2.75) is 6.92 Å². The largest absolute Gasteiger partial charge is 0.478 e. The first-order chi connectivity index (χ1) is 6.09. The molecule has 0 aliphatic rings. The average molecular weight is 181 g/mol. The van der Waals surface area contributed by atoms with Gasteiger partial charge in [0.15, 0.2) is 0 Å². The molecule has 68 valence electrons. The van der Waals surface area contributed by atoms with Crippen LogP contribution >= 0.6 is 0 Å². The Bertz CT molecular complexity index is 361. The smallest absolute Gasteiger partial charge is 0.328 e. The molecular formula is C9H8FNO2. The van der Waals surface area contributed by atoms with E-state index < -0.39 is 11.8 Å². The summed E-state index contributed by atoms with van der Waals surface area (Å²) in [5, 5.41) is 8.31. The molecule has 1 aromatic heterocycles. The lowest BCUT2D eigenvalue weighted by molar-refractivity contribution is -0.131. The van der Waals surface area contributed by atoms with Crippen molar-refractivity contribution in [3.63, 3.8) is 0 Å². The highest BCUT2D eigenvalue weighted by atomic mass is 19.1. The van der Waals surface area contributed by atoms with Gasteiger partial charge in [-0.25, -0.2) is 9.18 Å². The van der Waals surface area contributed by atoms with E-state index in [0.29, 0.717) is 5.69 Å². The van der Waals surface area contributed by atoms with Crippen LogP contribution < -0.4 is 0 Å². The minimum atomic E-state index is -1.10. The second-order valence-electron chi connectivity index (χ2n) is 2.52. The number of halogens is 1. The van der Waals surface area contributed by atoms with Gasteiger partial charge in [0.05, 0.1) is 6.20 Å². The lowest BCUT2D eigenvalue weighted by Gasteiger charge is -1.96. The van der Waals surface area contributed by atoms with Gasteiger partial charge < -0.3 is 5.11 Å². The van der Waals surface area contributed by atoms with Crippen LogP contribution in [0.2, 0.25) is 0 Å². The average Bonchev–Trinajstić information content (AvgIpc) is 2.06. The van der Waals surface area contributed by atoms with Gasteiger partial charge in [0.1, 0.15) is 5.82 Å². The number of nitrogens with zero attached hydrogens (tertiary/aromatic N) is 1. The Morgan fingerprint density at radius 2 is 2.38 bits per heavy atom. The number of aliphatic carboxylic acids is 1. The fraction of sp³-hybridized carbons (Fsp3) is 0.111. The van der Waals surface area contributed by atoms with E-state index in [1.54, 1.807) is 6.92 Å². The lowest BCUT2D eigenvalue weighted by atomic mass is 10.2. The molecule has 0 amide bonds. The molecule has 0 aliphatic carbocycles. The Morgan fingerprint density at radius 1 is 1.69 bits per heavy atom. The van der Waals surface area contributed by atoms with Gasteiger partial charge in [0, 0.05) is 17.3 Å². The second-order valence-corrected chi connectivity index (χ2v) is 2.52. The van der Waals surface area contributed by atoms with Crippen LogP contribution in [0.15, 0.2) is 18.3 Å². The first-order valence-electron chi connectivity index (χ1n) is 3.63. The van der Waals surface area contributed by atoms with Gasteiger partial charge >= 0.3 is 5.97 Å². The number of aryl methyl sites for hydroxylation is 1. The van der Waals surface area contributed by atoms with E-state index in [0.717, 1.165) is 12.3 Å². The van der Waals surface area contributed by atoms with E-state index in [2.05, 4.69) is 4.98 Å². The first-order valence-corrected chi connectivity index (χ1v) is 3.63. The summed E-state index contributed by atoms with van der Waals surface area (Å²) in [6.07, 6.45) is 3.15. The Kier molecular flexibility index (Phi) is 2.74. The summed E-state index contributed by atoms with van der Waals surface area (Å²) in [6, 6.07) is 1.48. The molecule has 1 aromatic rings. The van der Waals surface area contributed by atoms with E-state index in [1.165, 1.54) is 12.1 Å². The molecule has 3 nitrogen and oxygen atoms in total. The Labute approximate surface area is 74.5 Å². The molecule has 4 heteroatoms. The molecule has 0 bridgehead atoms. The van der Waals surface area contributed by atoms with Crippen LogP contribution in [0, 0.1) is 12.7 Å². The third-order valence-corrected chi connectivity index (χ3v) is 1.43. The zero-order chi connectivity index (χ0) is 9.84. The summed E-state index contributed by atoms with van der Waals surface area (Å²) in [5.41, 5.74) is 0.876. The predicted molar refractivity (Wildman–Crippen MR) is 45.6 cm³/mol. The fourth-order valence-electron chi connectivity index (χ4n) is 0.853. The van der Waals surface area contributed by atoms with Gasteiger partial charge in [-0.1, -0.05) is 0 Å². The Morgan fingerprint density at radius 3 is 3.00 bits per heavy atom. The third-order valence-electron chi connectivity index (χ3n) is 1.43. The maximum atomic E-state index is 12.9. The number of hydrogen-bond acceptors (Lipinski definition) is 2. The highest BCUT2D eigenvalue weighted by molar-refractivity contribution is 5.85. The summed E-state index contributed by atoms with van der Waals surface area (Å²) in [4.78, 5) is 13.9. The van der Waals surface area contributed by atoms with Gasteiger partial charge in [0.2, 0.25) is 0 Å². The second kappa shape index (κ2) is 3.80. The van der Waals surface area contributed by atoms with Crippen molar-refractivity contribution in [2.24, 2.45) is 0 Å². The summed E-state index contributed by atoms with van der Waals surface area (Å²) in [7, 11) is 0. The van der Waals surface area contributed by atoms with Crippen molar-refractivity contribution in [2.75, 3.05) is 0 Å². The molecule has 0 unspecified atom stereocenters. The van der Waals surface area contributed by atoms with Crippen LogP contribution in [0.4, 0.5) is 4.39 Å². The molecule has 0 aliphatic heterocycles. The van der Waals surface area contributed by atoms with Gasteiger partial charge in [-0.2, -0.15) is 0 Å². The quantitative estimate of drug-likeness (QED) is 0.705. The number of pyridine rings is 1. The summed E-state index contributed by atoms with van der Waals surface area (Å²) >= 11 is 0. The molecule has 0 spiro atoms. The van der Waals surface area contributed by atoms with E-state index in [-0.39, 0.29) is 5.56 Å². The van der Waals surface area contributed by atoms with E-state index >= 15 is 0 Å². The molecule has 1 rings (SSSR count). The predicted octanol–water partition coefficient (Wildman–Crippen LogP) is 1.63. The molecule has 0 aromatic carbocycles. The third kappa shape index (κ3) is 2.66. The van der Waals surface area contributed by atoms with Crippen molar-refractivity contribution < 1.29 is 14.3 Å². The molecule has 1 N–H and O–H groups in total. The van der Waals surface area contributed by atoms with Gasteiger partial charge in [-0.3, -0.25) is 4.98 Å². The topological polar surface area (TPSA) is 50.2 Å². The highest BCUT2D eigenvalue weighted by Crippen LogP contribution is 2.08. The Hall–Kier alpha value is -1.71. The van der Waals surface area contributed by atoms with Gasteiger partial charge in [-0.15, -0.1) is 0 Å². The van der Waals surface area contributed by atoms with Crippen LogP contribution in [0.5, 0.6) is 0 Å². The molecule has 0 atom stereocenters. The monoisotopic (exact) mass is 181 g/mol. The van der Waals surface area contributed by atoms with E-state index in [9.17, 15) is 9.18 Å². The van der Waals surface area contributed by atoms with E-state index in [1.807, 2.05) is 0 Å². The van der Waals surface area contributed by atoms with Gasteiger partial charge in [-0.05, 0) is 19.1 Å². The van der Waals surface area contributed by atoms with Crippen molar-refractivity contribution >= 4 is 12.0 Å². The van der Waals surface area contributed by atoms with Crippen LogP contribution in [0.1, 0.15) is 11.3 Å². The number of aromatic nitrogens is 1. The van der Waals surface area contributed by atoms with Crippen LogP contribution in [0.3, 0.4) is 0 Å². The molecular weight excluding hydrogens is 173 g/mol. The van der Waals surface area contributed by atoms with Crippen LogP contribution in [-0.4, -0.2) is 16.1 Å². The number of hydrogen-bond donors (Lipinski definition) is 1. The molecule has 1 heterocycles. The maximum absolute atomic E-state index is 12.9. The standard InChI is InChI=1S/C9H8FNO2/c1-6-4-7(2-3-9(12)13)8(10)5-11-6/h2-5H,1H3,(H,12,13)/b3-2+. The normalized spacial score (nSPS) is 10.6. The number of carboxylic acids is 1. The van der Waals surface area contributed by atoms with Crippen molar-refractivity contribution in [3.05, 3.63) is 35.4 Å². The van der Waals surface area contributed by atoms with Crippen molar-refractivity contribution in [1.82, 2.24) is 4.98 Å². The zero-order valence-electron chi connectivity index (χ0n) is 6.99. The molecule has 0 saturated carbocycles. The summed E-state index contributed by atoms with van der Waals surface area (Å²) < 4.78 is 12.9. The first kappa shape index (κ1) is 9.38. The van der Waals surface area contributed by atoms with Crippen LogP contribution in [0.25, 0.3) is 6.08 Å². The fourth-order valence-corrected chi connectivity index (χ4v) is 0.853. The minimum absolute atomic E-state index is 0.231. The van der Waals surface area contributed by atoms with Crippen molar-refractivity contribution in [3.8, 4) is 0 Å². The number of carboxylic acid groups (broad SMARTS) is 1. The zero-order valence-corrected chi connectivity index (χ0v) is 6.99. The SMILES string of the molecule is Cc1cc(/C=C/C(=O)O)c(F)cn1. The number of carbonyl (C=O) groups is 1. The molecule has 0 saturated heterocycles. The minimum Gasteiger partial charge on any atom is -0.478 e. The van der Waals surface area contributed by atoms with Crippen LogP contribution in [-0.2, 0) is 4.79 Å². The van der Waals surface area contributed by atoms with Gasteiger partial charge in [0.25, 0.3) is 0 Å². The highest BCUT2D eigenvalue weighted by Gasteiger charge is 1.99. The lowest BCUT2D eigenvalue weighted by Crippen LogP contribution is -1.90. The van der Waals surface area contributed by atoms with E-state index in [4.69, 9.17) is 5.11 Å². The number of rotatable bonds is 2. The summed E-state index contributed by atoms with van der Waals surface area (Å²) in [6.45, 7) is 1.71. The summed E-state index contributed by atoms with van der Waals surface area (Å²) in [5.74, 6) is -1.63. The molecule has 0 fully saturated rings. The molecule has 13 heavy (non-hydrogen) atoms. The molecule has 0 radical (unpaired) electrons. The van der Waals surface area contributed by atoms with Crippen molar-refractivity contribution in [1.29, 1.82) is 0 Å². The Balaban J connectivity index is 3.00.